The number of pyridine rings is 1. The zero-order valence-electron chi connectivity index (χ0n) is 14.2. The Morgan fingerprint density at radius 1 is 1.27 bits per heavy atom. The summed E-state index contributed by atoms with van der Waals surface area (Å²) in [6.45, 7) is 0.408. The minimum Gasteiger partial charge on any atom is -0.463 e. The van der Waals surface area contributed by atoms with Gasteiger partial charge in [-0.15, -0.1) is 0 Å². The lowest BCUT2D eigenvalue weighted by Crippen LogP contribution is -2.36. The number of hydrogen-bond acceptors (Lipinski definition) is 5. The molecule has 1 amide bonds. The molecule has 0 saturated heterocycles. The van der Waals surface area contributed by atoms with Gasteiger partial charge in [-0.2, -0.15) is 5.10 Å². The topological polar surface area (TPSA) is 85.6 Å². The van der Waals surface area contributed by atoms with E-state index in [9.17, 15) is 9.59 Å². The van der Waals surface area contributed by atoms with E-state index in [0.29, 0.717) is 24.1 Å². The third-order valence-corrected chi connectivity index (χ3v) is 4.36. The molecule has 8 nitrogen and oxygen atoms in total. The zero-order valence-corrected chi connectivity index (χ0v) is 14.2. The molecule has 0 aliphatic carbocycles. The van der Waals surface area contributed by atoms with Crippen molar-refractivity contribution in [2.45, 2.75) is 13.0 Å². The standard InChI is InChI=1S/C18H17N5O3/c1-21(8-5-13-4-2-3-7-19-13)17(24)11-23-18(25)15-10-16-14(6-9-26-16)22(15)12-20-23/h2-4,6-7,9-10,12H,5,8,11H2,1H3. The van der Waals surface area contributed by atoms with Crippen LogP contribution in [0.3, 0.4) is 0 Å². The molecule has 26 heavy (non-hydrogen) atoms. The van der Waals surface area contributed by atoms with Gasteiger partial charge in [-0.3, -0.25) is 19.0 Å². The van der Waals surface area contributed by atoms with E-state index in [1.54, 1.807) is 40.9 Å². The lowest BCUT2D eigenvalue weighted by molar-refractivity contribution is -0.130. The lowest BCUT2D eigenvalue weighted by atomic mass is 10.2. The minimum atomic E-state index is -0.328. The molecule has 132 valence electrons. The Balaban J connectivity index is 1.50. The molecule has 0 atom stereocenters. The monoisotopic (exact) mass is 351 g/mol. The van der Waals surface area contributed by atoms with E-state index in [4.69, 9.17) is 4.42 Å². The molecule has 4 aromatic heterocycles. The van der Waals surface area contributed by atoms with E-state index in [2.05, 4.69) is 10.1 Å². The summed E-state index contributed by atoms with van der Waals surface area (Å²) < 4.78 is 8.15. The average molecular weight is 351 g/mol. The van der Waals surface area contributed by atoms with Crippen LogP contribution in [-0.4, -0.2) is 43.6 Å². The van der Waals surface area contributed by atoms with E-state index in [0.717, 1.165) is 11.2 Å². The second-order valence-corrected chi connectivity index (χ2v) is 6.05. The Morgan fingerprint density at radius 3 is 2.96 bits per heavy atom. The fourth-order valence-corrected chi connectivity index (χ4v) is 2.85. The van der Waals surface area contributed by atoms with Gasteiger partial charge in [-0.25, -0.2) is 4.68 Å². The third-order valence-electron chi connectivity index (χ3n) is 4.36. The van der Waals surface area contributed by atoms with Crippen molar-refractivity contribution in [2.24, 2.45) is 0 Å². The number of hydrogen-bond donors (Lipinski definition) is 0. The molecule has 4 heterocycles. The summed E-state index contributed by atoms with van der Waals surface area (Å²) in [6.07, 6.45) is 5.46. The van der Waals surface area contributed by atoms with E-state index in [1.165, 1.54) is 11.0 Å². The number of rotatable bonds is 5. The zero-order chi connectivity index (χ0) is 18.1. The molecular weight excluding hydrogens is 334 g/mol. The number of carbonyl (C=O) groups excluding carboxylic acids is 1. The molecule has 0 radical (unpaired) electrons. The fourth-order valence-electron chi connectivity index (χ4n) is 2.85. The summed E-state index contributed by atoms with van der Waals surface area (Å²) in [4.78, 5) is 30.8. The van der Waals surface area contributed by atoms with Gasteiger partial charge in [-0.1, -0.05) is 6.07 Å². The molecule has 0 aliphatic rings. The van der Waals surface area contributed by atoms with Gasteiger partial charge < -0.3 is 9.32 Å². The molecule has 0 bridgehead atoms. The highest BCUT2D eigenvalue weighted by Crippen LogP contribution is 2.18. The van der Waals surface area contributed by atoms with Gasteiger partial charge in [0.1, 0.15) is 18.4 Å². The van der Waals surface area contributed by atoms with Crippen molar-refractivity contribution in [3.05, 3.63) is 65.2 Å². The minimum absolute atomic E-state index is 0.111. The number of amides is 1. The van der Waals surface area contributed by atoms with Crippen LogP contribution in [0.5, 0.6) is 0 Å². The first-order valence-electron chi connectivity index (χ1n) is 8.22. The van der Waals surface area contributed by atoms with E-state index in [-0.39, 0.29) is 18.0 Å². The quantitative estimate of drug-likeness (QED) is 0.542. The maximum atomic E-state index is 12.6. The summed E-state index contributed by atoms with van der Waals surface area (Å²) in [5, 5.41) is 4.11. The Hall–Kier alpha value is -3.42. The smallest absolute Gasteiger partial charge is 0.291 e. The van der Waals surface area contributed by atoms with Gasteiger partial charge in [0.25, 0.3) is 5.56 Å². The Labute approximate surface area is 148 Å². The van der Waals surface area contributed by atoms with Crippen molar-refractivity contribution in [1.29, 1.82) is 0 Å². The highest BCUT2D eigenvalue weighted by molar-refractivity contribution is 5.82. The van der Waals surface area contributed by atoms with Gasteiger partial charge in [-0.05, 0) is 12.1 Å². The molecule has 0 fully saturated rings. The molecule has 0 spiro atoms. The van der Waals surface area contributed by atoms with Gasteiger partial charge >= 0.3 is 0 Å². The number of fused-ring (bicyclic) bond motifs is 3. The maximum absolute atomic E-state index is 12.6. The first kappa shape index (κ1) is 16.1. The van der Waals surface area contributed by atoms with Crippen LogP contribution in [0.1, 0.15) is 5.69 Å². The predicted octanol–water partition coefficient (Wildman–Crippen LogP) is 1.34. The predicted molar refractivity (Wildman–Crippen MR) is 94.8 cm³/mol. The molecule has 0 N–H and O–H groups in total. The van der Waals surface area contributed by atoms with Crippen molar-refractivity contribution in [3.63, 3.8) is 0 Å². The van der Waals surface area contributed by atoms with Gasteiger partial charge in [0.05, 0.1) is 11.8 Å². The van der Waals surface area contributed by atoms with E-state index < -0.39 is 0 Å². The van der Waals surface area contributed by atoms with Crippen LogP contribution < -0.4 is 5.56 Å². The molecule has 0 saturated carbocycles. The number of likely N-dealkylation sites (N-methyl/N-ethyl adjacent to an activating group) is 1. The molecule has 8 heteroatoms. The first-order valence-corrected chi connectivity index (χ1v) is 8.22. The number of aromatic nitrogens is 4. The summed E-state index contributed by atoms with van der Waals surface area (Å²) in [7, 11) is 1.71. The van der Waals surface area contributed by atoms with Crippen molar-refractivity contribution < 1.29 is 9.21 Å². The Morgan fingerprint density at radius 2 is 2.15 bits per heavy atom. The van der Waals surface area contributed by atoms with Crippen LogP contribution in [-0.2, 0) is 17.8 Å². The van der Waals surface area contributed by atoms with Crippen LogP contribution in [0.4, 0.5) is 0 Å². The third kappa shape index (κ3) is 2.85. The summed E-state index contributed by atoms with van der Waals surface area (Å²) in [5.74, 6) is -0.185. The normalized spacial score (nSPS) is 11.3. The highest BCUT2D eigenvalue weighted by Gasteiger charge is 2.15. The number of carbonyl (C=O) groups is 1. The Kier molecular flexibility index (Phi) is 4.00. The van der Waals surface area contributed by atoms with Crippen LogP contribution in [0.15, 0.2) is 58.3 Å². The van der Waals surface area contributed by atoms with Crippen molar-refractivity contribution in [2.75, 3.05) is 13.6 Å². The number of nitrogens with zero attached hydrogens (tertiary/aromatic N) is 5. The van der Waals surface area contributed by atoms with Crippen molar-refractivity contribution in [1.82, 2.24) is 24.1 Å². The van der Waals surface area contributed by atoms with Gasteiger partial charge in [0.2, 0.25) is 5.91 Å². The van der Waals surface area contributed by atoms with E-state index >= 15 is 0 Å². The van der Waals surface area contributed by atoms with Crippen LogP contribution in [0.25, 0.3) is 16.6 Å². The molecule has 0 unspecified atom stereocenters. The van der Waals surface area contributed by atoms with Crippen molar-refractivity contribution in [3.8, 4) is 0 Å². The SMILES string of the molecule is CN(CCc1ccccn1)C(=O)Cn1ncn2c(cc3occc32)c1=O. The second kappa shape index (κ2) is 6.47. The highest BCUT2D eigenvalue weighted by atomic mass is 16.3. The summed E-state index contributed by atoms with van der Waals surface area (Å²) >= 11 is 0. The van der Waals surface area contributed by atoms with Crippen LogP contribution in [0.2, 0.25) is 0 Å². The van der Waals surface area contributed by atoms with Crippen LogP contribution in [0, 0.1) is 0 Å². The fraction of sp³-hybridized carbons (Fsp3) is 0.222. The molecular formula is C18H17N5O3. The first-order chi connectivity index (χ1) is 12.6. The van der Waals surface area contributed by atoms with Gasteiger partial charge in [0.15, 0.2) is 5.58 Å². The lowest BCUT2D eigenvalue weighted by Gasteiger charge is -2.17. The summed E-state index contributed by atoms with van der Waals surface area (Å²) in [5.41, 5.74) is 2.40. The second-order valence-electron chi connectivity index (χ2n) is 6.05. The maximum Gasteiger partial charge on any atom is 0.291 e. The molecule has 0 aromatic carbocycles. The average Bonchev–Trinajstić information content (AvgIpc) is 3.24. The molecule has 4 rings (SSSR count). The van der Waals surface area contributed by atoms with Crippen molar-refractivity contribution >= 4 is 22.5 Å². The van der Waals surface area contributed by atoms with Crippen LogP contribution >= 0.6 is 0 Å². The largest absolute Gasteiger partial charge is 0.463 e. The summed E-state index contributed by atoms with van der Waals surface area (Å²) in [6, 6.07) is 9.11. The molecule has 0 aliphatic heterocycles. The molecule has 4 aromatic rings. The number of furan rings is 1. The Bertz CT molecular complexity index is 1130. The van der Waals surface area contributed by atoms with Gasteiger partial charge in [0, 0.05) is 44.0 Å². The van der Waals surface area contributed by atoms with E-state index in [1.807, 2.05) is 18.2 Å².